The molecule has 0 aliphatic carbocycles. The fourth-order valence-electron chi connectivity index (χ4n) is 3.00. The van der Waals surface area contributed by atoms with Gasteiger partial charge in [0, 0.05) is 25.4 Å². The number of likely N-dealkylation sites (N-methyl/N-ethyl adjacent to an activating group) is 1. The zero-order chi connectivity index (χ0) is 17.3. The Morgan fingerprint density at radius 2 is 2.25 bits per heavy atom. The summed E-state index contributed by atoms with van der Waals surface area (Å²) in [5.74, 6) is 0.960. The monoisotopic (exact) mass is 351 g/mol. The van der Waals surface area contributed by atoms with E-state index in [1.54, 1.807) is 17.2 Å². The molecule has 0 saturated carbocycles. The molecule has 0 aromatic carbocycles. The van der Waals surface area contributed by atoms with Gasteiger partial charge in [0.2, 0.25) is 11.8 Å². The fourth-order valence-corrected chi connectivity index (χ4v) is 3.69. The number of likely N-dealkylation sites (tertiary alicyclic amines) is 1. The number of aliphatic hydroxyl groups excluding tert-OH is 1. The third-order valence-electron chi connectivity index (χ3n) is 4.31. The largest absolute Gasteiger partial charge is 0.424 e. The van der Waals surface area contributed by atoms with E-state index in [-0.39, 0.29) is 11.9 Å². The summed E-state index contributed by atoms with van der Waals surface area (Å²) < 4.78 is 9.58. The highest BCUT2D eigenvalue weighted by Gasteiger charge is 2.38. The highest BCUT2D eigenvalue weighted by molar-refractivity contribution is 7.03. The summed E-state index contributed by atoms with van der Waals surface area (Å²) in [5.41, 5.74) is 1.35. The Kier molecular flexibility index (Phi) is 4.93. The average Bonchev–Trinajstić information content (AvgIpc) is 3.25. The lowest BCUT2D eigenvalue weighted by molar-refractivity contribution is 0.0743. The van der Waals surface area contributed by atoms with E-state index in [4.69, 9.17) is 4.42 Å². The molecule has 0 radical (unpaired) electrons. The molecule has 3 heterocycles. The van der Waals surface area contributed by atoms with E-state index in [0.717, 1.165) is 5.69 Å². The first kappa shape index (κ1) is 17.0. The van der Waals surface area contributed by atoms with Crippen molar-refractivity contribution < 1.29 is 14.3 Å². The van der Waals surface area contributed by atoms with Crippen LogP contribution in [-0.2, 0) is 6.54 Å². The van der Waals surface area contributed by atoms with Crippen molar-refractivity contribution in [3.05, 3.63) is 28.4 Å². The zero-order valence-electron chi connectivity index (χ0n) is 14.0. The molecule has 1 saturated heterocycles. The minimum Gasteiger partial charge on any atom is -0.424 e. The lowest BCUT2D eigenvalue weighted by atomic mass is 10.2. The molecule has 1 amide bonds. The molecule has 2 aromatic heterocycles. The molecule has 0 unspecified atom stereocenters. The van der Waals surface area contributed by atoms with Crippen molar-refractivity contribution in [2.45, 2.75) is 39.5 Å². The smallest absolute Gasteiger partial charge is 0.256 e. The quantitative estimate of drug-likeness (QED) is 0.853. The second-order valence-electron chi connectivity index (χ2n) is 5.94. The number of carbonyl (C=O) groups is 1. The van der Waals surface area contributed by atoms with Crippen molar-refractivity contribution in [3.63, 3.8) is 0 Å². The highest BCUT2D eigenvalue weighted by atomic mass is 32.1. The Morgan fingerprint density at radius 3 is 2.83 bits per heavy atom. The molecule has 0 bridgehead atoms. The van der Waals surface area contributed by atoms with Crippen LogP contribution >= 0.6 is 11.5 Å². The Morgan fingerprint density at radius 1 is 1.46 bits per heavy atom. The van der Waals surface area contributed by atoms with E-state index in [9.17, 15) is 9.90 Å². The summed E-state index contributed by atoms with van der Waals surface area (Å²) in [4.78, 5) is 16.4. The third-order valence-corrected chi connectivity index (χ3v) is 5.03. The summed E-state index contributed by atoms with van der Waals surface area (Å²) in [6, 6.07) is -0.155. The van der Waals surface area contributed by atoms with Crippen LogP contribution in [0.4, 0.5) is 0 Å². The Hall–Kier alpha value is -1.84. The molecule has 1 aliphatic heterocycles. The molecule has 8 nitrogen and oxygen atoms in total. The second kappa shape index (κ2) is 6.96. The molecule has 2 aromatic rings. The van der Waals surface area contributed by atoms with Gasteiger partial charge in [-0.2, -0.15) is 4.37 Å². The highest BCUT2D eigenvalue weighted by Crippen LogP contribution is 2.22. The number of aryl methyl sites for hydroxylation is 2. The number of aromatic nitrogens is 3. The number of nitrogens with zero attached hydrogens (tertiary/aromatic N) is 5. The molecule has 1 aliphatic rings. The lowest BCUT2D eigenvalue weighted by Crippen LogP contribution is -2.43. The SMILES string of the molecule is CCN(Cc1nnc(C)o1)[C@H]1CN(C(=O)c2csnc2C)C[C@H]1O. The normalized spacial score (nSPS) is 21.0. The van der Waals surface area contributed by atoms with Gasteiger partial charge in [-0.05, 0) is 25.0 Å². The number of aliphatic hydroxyl groups is 1. The van der Waals surface area contributed by atoms with Crippen molar-refractivity contribution >= 4 is 17.4 Å². The molecule has 9 heteroatoms. The minimum absolute atomic E-state index is 0.0764. The van der Waals surface area contributed by atoms with Crippen LogP contribution in [0.1, 0.15) is 34.8 Å². The first-order chi connectivity index (χ1) is 11.5. The van der Waals surface area contributed by atoms with Gasteiger partial charge >= 0.3 is 0 Å². The van der Waals surface area contributed by atoms with Crippen LogP contribution in [0.2, 0.25) is 0 Å². The average molecular weight is 351 g/mol. The van der Waals surface area contributed by atoms with E-state index in [1.165, 1.54) is 11.5 Å². The predicted octanol–water partition coefficient (Wildman–Crippen LogP) is 0.850. The van der Waals surface area contributed by atoms with E-state index < -0.39 is 6.10 Å². The first-order valence-corrected chi connectivity index (χ1v) is 8.74. The van der Waals surface area contributed by atoms with Gasteiger partial charge in [-0.25, -0.2) is 0 Å². The summed E-state index contributed by atoms with van der Waals surface area (Å²) in [7, 11) is 0. The van der Waals surface area contributed by atoms with E-state index in [1.807, 2.05) is 13.8 Å². The van der Waals surface area contributed by atoms with Crippen LogP contribution in [0.25, 0.3) is 0 Å². The first-order valence-electron chi connectivity index (χ1n) is 7.91. The maximum absolute atomic E-state index is 12.6. The van der Waals surface area contributed by atoms with Gasteiger partial charge in [0.25, 0.3) is 5.91 Å². The van der Waals surface area contributed by atoms with Gasteiger partial charge in [-0.15, -0.1) is 10.2 Å². The van der Waals surface area contributed by atoms with Gasteiger partial charge in [-0.1, -0.05) is 6.92 Å². The Balaban J connectivity index is 1.70. The van der Waals surface area contributed by atoms with Gasteiger partial charge in [0.05, 0.1) is 29.9 Å². The number of amides is 1. The molecule has 1 fully saturated rings. The number of hydrogen-bond acceptors (Lipinski definition) is 8. The van der Waals surface area contributed by atoms with Crippen LogP contribution in [0.5, 0.6) is 0 Å². The van der Waals surface area contributed by atoms with E-state index >= 15 is 0 Å². The molecule has 24 heavy (non-hydrogen) atoms. The predicted molar refractivity (Wildman–Crippen MR) is 87.7 cm³/mol. The number of β-amino-alcohol motifs (C(OH)–C–C–N with tert-alkyl or cyclic N) is 1. The van der Waals surface area contributed by atoms with Gasteiger partial charge in [0.1, 0.15) is 0 Å². The third kappa shape index (κ3) is 3.33. The maximum atomic E-state index is 12.6. The van der Waals surface area contributed by atoms with E-state index in [2.05, 4.69) is 19.5 Å². The molecular formula is C15H21N5O3S. The van der Waals surface area contributed by atoms with Crippen molar-refractivity contribution in [1.29, 1.82) is 0 Å². The lowest BCUT2D eigenvalue weighted by Gasteiger charge is -2.27. The van der Waals surface area contributed by atoms with Crippen LogP contribution in [0, 0.1) is 13.8 Å². The number of hydrogen-bond donors (Lipinski definition) is 1. The molecule has 130 valence electrons. The minimum atomic E-state index is -0.607. The summed E-state index contributed by atoms with van der Waals surface area (Å²) in [6.45, 7) is 7.53. The standard InChI is InChI=1S/C15H21N5O3S/c1-4-19(7-14-17-16-10(3)23-14)12-5-20(6-13(12)21)15(22)11-8-24-18-9(11)2/h8,12-13,21H,4-7H2,1-3H3/t12-,13+/m0/s1. The van der Waals surface area contributed by atoms with Crippen molar-refractivity contribution in [3.8, 4) is 0 Å². The maximum Gasteiger partial charge on any atom is 0.256 e. The van der Waals surface area contributed by atoms with Crippen molar-refractivity contribution in [2.75, 3.05) is 19.6 Å². The molecule has 2 atom stereocenters. The zero-order valence-corrected chi connectivity index (χ0v) is 14.8. The summed E-state index contributed by atoms with van der Waals surface area (Å²) >= 11 is 1.27. The molecule has 0 spiro atoms. The molecular weight excluding hydrogens is 330 g/mol. The van der Waals surface area contributed by atoms with Crippen molar-refractivity contribution in [2.24, 2.45) is 0 Å². The summed E-state index contributed by atoms with van der Waals surface area (Å²) in [6.07, 6.45) is -0.607. The molecule has 3 rings (SSSR count). The topological polar surface area (TPSA) is 95.6 Å². The van der Waals surface area contributed by atoms with Crippen LogP contribution in [-0.4, -0.2) is 67.2 Å². The van der Waals surface area contributed by atoms with E-state index in [0.29, 0.717) is 43.5 Å². The summed E-state index contributed by atoms with van der Waals surface area (Å²) in [5, 5.41) is 20.0. The van der Waals surface area contributed by atoms with Crippen LogP contribution < -0.4 is 0 Å². The van der Waals surface area contributed by atoms with Crippen LogP contribution in [0.15, 0.2) is 9.80 Å². The second-order valence-corrected chi connectivity index (χ2v) is 6.57. The molecule has 1 N–H and O–H groups in total. The van der Waals surface area contributed by atoms with Gasteiger partial charge in [0.15, 0.2) is 0 Å². The van der Waals surface area contributed by atoms with Crippen molar-refractivity contribution in [1.82, 2.24) is 24.4 Å². The fraction of sp³-hybridized carbons (Fsp3) is 0.600. The Labute approximate surface area is 144 Å². The Bertz CT molecular complexity index is 716. The van der Waals surface area contributed by atoms with Crippen LogP contribution in [0.3, 0.4) is 0 Å². The number of carbonyl (C=O) groups excluding carboxylic acids is 1. The van der Waals surface area contributed by atoms with Gasteiger partial charge < -0.3 is 14.4 Å². The number of rotatable bonds is 5. The van der Waals surface area contributed by atoms with Gasteiger partial charge in [-0.3, -0.25) is 9.69 Å².